The summed E-state index contributed by atoms with van der Waals surface area (Å²) in [4.78, 5) is 0. The summed E-state index contributed by atoms with van der Waals surface area (Å²) in [6.07, 6.45) is 7.34. The molecule has 1 atom stereocenters. The number of nitrogens with two attached hydrogens (primary N) is 1. The molecule has 0 aromatic carbocycles. The van der Waals surface area contributed by atoms with Crippen LogP contribution in [0.25, 0.3) is 0 Å². The average Bonchev–Trinajstić information content (AvgIpc) is 2.70. The third-order valence-corrected chi connectivity index (χ3v) is 3.93. The van der Waals surface area contributed by atoms with Crippen LogP contribution < -0.4 is 5.73 Å². The number of hydrogen-bond acceptors (Lipinski definition) is 3. The Hall–Kier alpha value is 0.270. The molecule has 0 aromatic heterocycles. The lowest BCUT2D eigenvalue weighted by Gasteiger charge is -2.37. The van der Waals surface area contributed by atoms with Gasteiger partial charge < -0.3 is 5.73 Å². The maximum Gasteiger partial charge on any atom is 0.0329 e. The molecule has 2 N–H and O–H groups in total. The van der Waals surface area contributed by atoms with E-state index in [1.165, 1.54) is 32.2 Å². The standard InChI is InChI=1S/C8H16N2S/c1-11-10-5-2-7(9)6-8(10)3-4-8/h7H,2-6,9H2,1H3. The van der Waals surface area contributed by atoms with Crippen molar-refractivity contribution in [3.63, 3.8) is 0 Å². The highest BCUT2D eigenvalue weighted by Crippen LogP contribution is 2.50. The van der Waals surface area contributed by atoms with Crippen LogP contribution in [0.15, 0.2) is 0 Å². The summed E-state index contributed by atoms with van der Waals surface area (Å²) < 4.78 is 2.54. The zero-order valence-electron chi connectivity index (χ0n) is 7.05. The fourth-order valence-electron chi connectivity index (χ4n) is 2.09. The van der Waals surface area contributed by atoms with Gasteiger partial charge in [-0.3, -0.25) is 0 Å². The molecule has 1 unspecified atom stereocenters. The monoisotopic (exact) mass is 172 g/mol. The Morgan fingerprint density at radius 3 is 2.82 bits per heavy atom. The lowest BCUT2D eigenvalue weighted by molar-refractivity contribution is 0.232. The van der Waals surface area contributed by atoms with E-state index in [0.717, 1.165) is 0 Å². The molecule has 3 heteroatoms. The molecule has 1 aliphatic carbocycles. The van der Waals surface area contributed by atoms with Crippen molar-refractivity contribution in [2.24, 2.45) is 5.73 Å². The van der Waals surface area contributed by atoms with Gasteiger partial charge in [-0.15, -0.1) is 0 Å². The smallest absolute Gasteiger partial charge is 0.0329 e. The molecule has 0 radical (unpaired) electrons. The molecule has 1 saturated heterocycles. The normalized spacial score (nSPS) is 36.0. The van der Waals surface area contributed by atoms with E-state index in [1.807, 2.05) is 11.9 Å². The fraction of sp³-hybridized carbons (Fsp3) is 1.00. The van der Waals surface area contributed by atoms with Crippen LogP contribution in [-0.4, -0.2) is 28.7 Å². The van der Waals surface area contributed by atoms with E-state index in [4.69, 9.17) is 5.73 Å². The van der Waals surface area contributed by atoms with Gasteiger partial charge in [0.1, 0.15) is 0 Å². The average molecular weight is 172 g/mol. The zero-order valence-corrected chi connectivity index (χ0v) is 7.86. The van der Waals surface area contributed by atoms with Crippen LogP contribution in [-0.2, 0) is 0 Å². The lowest BCUT2D eigenvalue weighted by atomic mass is 9.98. The first kappa shape index (κ1) is 7.90. The predicted molar refractivity (Wildman–Crippen MR) is 49.4 cm³/mol. The van der Waals surface area contributed by atoms with Gasteiger partial charge in [0, 0.05) is 18.1 Å². The minimum absolute atomic E-state index is 0.473. The molecule has 0 aromatic rings. The highest BCUT2D eigenvalue weighted by molar-refractivity contribution is 7.96. The molecular formula is C8H16N2S. The Morgan fingerprint density at radius 1 is 1.55 bits per heavy atom. The highest BCUT2D eigenvalue weighted by Gasteiger charge is 2.50. The second-order valence-electron chi connectivity index (χ2n) is 3.76. The molecule has 11 heavy (non-hydrogen) atoms. The molecular weight excluding hydrogens is 156 g/mol. The number of nitrogens with zero attached hydrogens (tertiary/aromatic N) is 1. The highest BCUT2D eigenvalue weighted by atomic mass is 32.2. The van der Waals surface area contributed by atoms with E-state index >= 15 is 0 Å². The number of piperidine rings is 1. The molecule has 1 saturated carbocycles. The van der Waals surface area contributed by atoms with Crippen molar-refractivity contribution < 1.29 is 0 Å². The van der Waals surface area contributed by atoms with Crippen molar-refractivity contribution in [1.29, 1.82) is 0 Å². The van der Waals surface area contributed by atoms with E-state index < -0.39 is 0 Å². The van der Waals surface area contributed by atoms with Crippen LogP contribution in [0.1, 0.15) is 25.7 Å². The first-order valence-electron chi connectivity index (χ1n) is 4.34. The molecule has 0 amide bonds. The molecule has 1 spiro atoms. The Morgan fingerprint density at radius 2 is 2.27 bits per heavy atom. The molecule has 2 aliphatic rings. The van der Waals surface area contributed by atoms with Crippen molar-refractivity contribution in [3.8, 4) is 0 Å². The Labute approximate surface area is 72.6 Å². The topological polar surface area (TPSA) is 29.3 Å². The Kier molecular flexibility index (Phi) is 1.90. The predicted octanol–water partition coefficient (Wildman–Crippen LogP) is 1.22. The van der Waals surface area contributed by atoms with E-state index in [1.54, 1.807) is 0 Å². The summed E-state index contributed by atoms with van der Waals surface area (Å²) in [5.74, 6) is 0. The van der Waals surface area contributed by atoms with Crippen molar-refractivity contribution >= 4 is 11.9 Å². The molecule has 1 heterocycles. The Balaban J connectivity index is 2.02. The number of rotatable bonds is 1. The van der Waals surface area contributed by atoms with Gasteiger partial charge in [0.15, 0.2) is 0 Å². The molecule has 2 rings (SSSR count). The van der Waals surface area contributed by atoms with Gasteiger partial charge in [-0.25, -0.2) is 4.31 Å². The summed E-state index contributed by atoms with van der Waals surface area (Å²) in [6.45, 7) is 1.20. The third-order valence-electron chi connectivity index (χ3n) is 2.92. The maximum atomic E-state index is 5.93. The van der Waals surface area contributed by atoms with Crippen molar-refractivity contribution in [3.05, 3.63) is 0 Å². The van der Waals surface area contributed by atoms with Crippen molar-refractivity contribution in [2.75, 3.05) is 12.8 Å². The van der Waals surface area contributed by atoms with E-state index in [0.29, 0.717) is 11.6 Å². The van der Waals surface area contributed by atoms with E-state index in [9.17, 15) is 0 Å². The third kappa shape index (κ3) is 1.30. The van der Waals surface area contributed by atoms with Gasteiger partial charge in [0.2, 0.25) is 0 Å². The quantitative estimate of drug-likeness (QED) is 0.603. The largest absolute Gasteiger partial charge is 0.328 e. The van der Waals surface area contributed by atoms with Gasteiger partial charge in [-0.1, -0.05) is 11.9 Å². The van der Waals surface area contributed by atoms with Crippen LogP contribution in [0, 0.1) is 0 Å². The molecule has 2 fully saturated rings. The van der Waals surface area contributed by atoms with Gasteiger partial charge in [0.05, 0.1) is 0 Å². The van der Waals surface area contributed by atoms with Crippen molar-refractivity contribution in [1.82, 2.24) is 4.31 Å². The summed E-state index contributed by atoms with van der Waals surface area (Å²) in [5, 5.41) is 0. The van der Waals surface area contributed by atoms with Crippen LogP contribution in [0.5, 0.6) is 0 Å². The molecule has 64 valence electrons. The summed E-state index contributed by atoms with van der Waals surface area (Å²) in [7, 11) is 0. The number of hydrogen-bond donors (Lipinski definition) is 1. The van der Waals surface area contributed by atoms with Crippen LogP contribution in [0.3, 0.4) is 0 Å². The van der Waals surface area contributed by atoms with Crippen molar-refractivity contribution in [2.45, 2.75) is 37.3 Å². The first-order chi connectivity index (χ1) is 5.27. The van der Waals surface area contributed by atoms with Crippen LogP contribution in [0.2, 0.25) is 0 Å². The fourth-order valence-corrected chi connectivity index (χ4v) is 3.03. The minimum atomic E-state index is 0.473. The van der Waals surface area contributed by atoms with Gasteiger partial charge >= 0.3 is 0 Å². The van der Waals surface area contributed by atoms with E-state index in [2.05, 4.69) is 10.6 Å². The van der Waals surface area contributed by atoms with Crippen LogP contribution in [0.4, 0.5) is 0 Å². The lowest BCUT2D eigenvalue weighted by Crippen LogP contribution is -2.45. The zero-order chi connectivity index (χ0) is 7.90. The van der Waals surface area contributed by atoms with Gasteiger partial charge in [0.25, 0.3) is 0 Å². The molecule has 1 aliphatic heterocycles. The maximum absolute atomic E-state index is 5.93. The first-order valence-corrected chi connectivity index (χ1v) is 5.52. The molecule has 0 bridgehead atoms. The van der Waals surface area contributed by atoms with Gasteiger partial charge in [-0.05, 0) is 31.9 Å². The van der Waals surface area contributed by atoms with E-state index in [-0.39, 0.29) is 0 Å². The summed E-state index contributed by atoms with van der Waals surface area (Å²) in [6, 6.07) is 0.473. The summed E-state index contributed by atoms with van der Waals surface area (Å²) >= 11 is 1.89. The van der Waals surface area contributed by atoms with Crippen LogP contribution >= 0.6 is 11.9 Å². The Bertz CT molecular complexity index is 156. The molecule has 2 nitrogen and oxygen atoms in total. The second kappa shape index (κ2) is 2.64. The van der Waals surface area contributed by atoms with Gasteiger partial charge in [-0.2, -0.15) is 0 Å². The SMILES string of the molecule is CSN1CCC(N)CC12CC2. The minimum Gasteiger partial charge on any atom is -0.328 e. The summed E-state index contributed by atoms with van der Waals surface area (Å²) in [5.41, 5.74) is 6.47. The second-order valence-corrected chi connectivity index (χ2v) is 4.57.